The van der Waals surface area contributed by atoms with E-state index in [1.54, 1.807) is 11.3 Å². The van der Waals surface area contributed by atoms with Crippen LogP contribution in [0.4, 0.5) is 11.4 Å². The number of thiazole rings is 1. The molecule has 1 amide bonds. The van der Waals surface area contributed by atoms with E-state index in [2.05, 4.69) is 15.6 Å². The van der Waals surface area contributed by atoms with Gasteiger partial charge in [0, 0.05) is 11.4 Å². The minimum atomic E-state index is -0.332. The van der Waals surface area contributed by atoms with Crippen molar-refractivity contribution in [3.05, 3.63) is 53.0 Å². The summed E-state index contributed by atoms with van der Waals surface area (Å²) in [5.41, 5.74) is 3.82. The molecule has 0 saturated carbocycles. The minimum Gasteiger partial charge on any atom is -0.374 e. The van der Waals surface area contributed by atoms with Gasteiger partial charge in [0.25, 0.3) is 0 Å². The number of benzene rings is 2. The van der Waals surface area contributed by atoms with Crippen LogP contribution in [0.2, 0.25) is 0 Å². The summed E-state index contributed by atoms with van der Waals surface area (Å²) < 4.78 is 1.12. The molecule has 0 unspecified atom stereocenters. The lowest BCUT2D eigenvalue weighted by molar-refractivity contribution is -0.116. The Morgan fingerprint density at radius 3 is 2.74 bits per heavy atom. The lowest BCUT2D eigenvalue weighted by Gasteiger charge is -2.16. The zero-order valence-corrected chi connectivity index (χ0v) is 14.2. The van der Waals surface area contributed by atoms with E-state index in [4.69, 9.17) is 0 Å². The number of anilines is 2. The Morgan fingerprint density at radius 2 is 1.96 bits per heavy atom. The third-order valence-electron chi connectivity index (χ3n) is 3.67. The van der Waals surface area contributed by atoms with E-state index in [9.17, 15) is 4.79 Å². The first-order valence-corrected chi connectivity index (χ1v) is 8.35. The first kappa shape index (κ1) is 15.5. The number of fused-ring (bicyclic) bond motifs is 1. The number of para-hydroxylation sites is 1. The van der Waals surface area contributed by atoms with Crippen LogP contribution in [0.5, 0.6) is 0 Å². The number of amides is 1. The molecule has 5 heteroatoms. The van der Waals surface area contributed by atoms with Crippen molar-refractivity contribution in [3.8, 4) is 0 Å². The van der Waals surface area contributed by atoms with Crippen molar-refractivity contribution in [2.45, 2.75) is 26.8 Å². The fourth-order valence-corrected chi connectivity index (χ4v) is 3.27. The maximum atomic E-state index is 12.4. The van der Waals surface area contributed by atoms with Gasteiger partial charge in [0.2, 0.25) is 5.91 Å². The Kier molecular flexibility index (Phi) is 4.30. The van der Waals surface area contributed by atoms with Crippen LogP contribution in [0.3, 0.4) is 0 Å². The molecule has 1 heterocycles. The number of carbonyl (C=O) groups is 1. The maximum absolute atomic E-state index is 12.4. The second kappa shape index (κ2) is 6.38. The van der Waals surface area contributed by atoms with Crippen molar-refractivity contribution in [3.63, 3.8) is 0 Å². The summed E-state index contributed by atoms with van der Waals surface area (Å²) >= 11 is 1.65. The van der Waals surface area contributed by atoms with Gasteiger partial charge in [0.1, 0.15) is 6.04 Å². The summed E-state index contributed by atoms with van der Waals surface area (Å²) in [6, 6.07) is 13.4. The smallest absolute Gasteiger partial charge is 0.246 e. The number of nitrogens with zero attached hydrogens (tertiary/aromatic N) is 1. The van der Waals surface area contributed by atoms with Crippen molar-refractivity contribution < 1.29 is 4.79 Å². The van der Waals surface area contributed by atoms with E-state index in [-0.39, 0.29) is 11.9 Å². The van der Waals surface area contributed by atoms with Gasteiger partial charge in [-0.15, -0.1) is 11.3 Å². The van der Waals surface area contributed by atoms with Gasteiger partial charge in [-0.05, 0) is 50.6 Å². The van der Waals surface area contributed by atoms with E-state index < -0.39 is 0 Å². The molecule has 2 aromatic carbocycles. The Balaban J connectivity index is 1.70. The molecule has 4 nitrogen and oxygen atoms in total. The van der Waals surface area contributed by atoms with Gasteiger partial charge >= 0.3 is 0 Å². The molecule has 0 bridgehead atoms. The van der Waals surface area contributed by atoms with Crippen molar-refractivity contribution in [1.29, 1.82) is 0 Å². The molecular weight excluding hydrogens is 306 g/mol. The Morgan fingerprint density at radius 1 is 1.17 bits per heavy atom. The van der Waals surface area contributed by atoms with Crippen molar-refractivity contribution in [1.82, 2.24) is 4.98 Å². The van der Waals surface area contributed by atoms with Gasteiger partial charge < -0.3 is 10.6 Å². The highest BCUT2D eigenvalue weighted by atomic mass is 32.1. The van der Waals surface area contributed by atoms with Gasteiger partial charge in [-0.1, -0.05) is 18.2 Å². The molecular formula is C18H19N3OS. The molecule has 1 aromatic heterocycles. The van der Waals surface area contributed by atoms with Crippen LogP contribution in [0, 0.1) is 13.8 Å². The molecule has 0 aliphatic carbocycles. The van der Waals surface area contributed by atoms with Gasteiger partial charge in [0.15, 0.2) is 0 Å². The summed E-state index contributed by atoms with van der Waals surface area (Å²) in [6.45, 7) is 5.83. The van der Waals surface area contributed by atoms with Gasteiger partial charge in [-0.2, -0.15) is 0 Å². The molecule has 0 fully saturated rings. The Hall–Kier alpha value is -2.40. The van der Waals surface area contributed by atoms with Crippen molar-refractivity contribution in [2.75, 3.05) is 10.6 Å². The fraction of sp³-hybridized carbons (Fsp3) is 0.222. The monoisotopic (exact) mass is 325 g/mol. The van der Waals surface area contributed by atoms with Crippen molar-refractivity contribution in [2.24, 2.45) is 0 Å². The second-order valence-electron chi connectivity index (χ2n) is 5.59. The average Bonchev–Trinajstić information content (AvgIpc) is 2.88. The number of aryl methyl sites for hydroxylation is 2. The quantitative estimate of drug-likeness (QED) is 0.749. The Bertz CT molecular complexity index is 856. The molecule has 0 aliphatic heterocycles. The van der Waals surface area contributed by atoms with Gasteiger partial charge in [0.05, 0.1) is 15.2 Å². The van der Waals surface area contributed by atoms with Gasteiger partial charge in [-0.3, -0.25) is 4.79 Å². The number of hydrogen-bond acceptors (Lipinski definition) is 4. The largest absolute Gasteiger partial charge is 0.374 e. The van der Waals surface area contributed by atoms with Crippen LogP contribution in [-0.2, 0) is 4.79 Å². The van der Waals surface area contributed by atoms with E-state index in [1.165, 1.54) is 0 Å². The predicted molar refractivity (Wildman–Crippen MR) is 97.3 cm³/mol. The molecule has 3 aromatic rings. The van der Waals surface area contributed by atoms with Crippen LogP contribution >= 0.6 is 11.3 Å². The highest BCUT2D eigenvalue weighted by Gasteiger charge is 2.14. The highest BCUT2D eigenvalue weighted by molar-refractivity contribution is 7.18. The summed E-state index contributed by atoms with van der Waals surface area (Å²) in [5.74, 6) is -0.0557. The standard InChI is InChI=1S/C18H19N3OS/c1-11-6-4-5-7-15(11)21-18(22)12(2)19-14-8-9-16-17(10-14)23-13(3)20-16/h4-10,12,19H,1-3H3,(H,21,22)/t12-/m0/s1. The zero-order chi connectivity index (χ0) is 16.4. The summed E-state index contributed by atoms with van der Waals surface area (Å²) in [7, 11) is 0. The minimum absolute atomic E-state index is 0.0557. The average molecular weight is 325 g/mol. The Labute approximate surface area is 139 Å². The molecule has 3 rings (SSSR count). The summed E-state index contributed by atoms with van der Waals surface area (Å²) in [4.78, 5) is 16.8. The van der Waals surface area contributed by atoms with Crippen LogP contribution in [0.25, 0.3) is 10.2 Å². The van der Waals surface area contributed by atoms with Crippen LogP contribution < -0.4 is 10.6 Å². The molecule has 0 radical (unpaired) electrons. The molecule has 0 spiro atoms. The lowest BCUT2D eigenvalue weighted by Crippen LogP contribution is -2.32. The third-order valence-corrected chi connectivity index (χ3v) is 4.61. The van der Waals surface area contributed by atoms with E-state index in [0.717, 1.165) is 32.2 Å². The summed E-state index contributed by atoms with van der Waals surface area (Å²) in [6.07, 6.45) is 0. The zero-order valence-electron chi connectivity index (χ0n) is 13.4. The lowest BCUT2D eigenvalue weighted by atomic mass is 10.2. The van der Waals surface area contributed by atoms with Crippen molar-refractivity contribution >= 4 is 38.8 Å². The van der Waals surface area contributed by atoms with E-state index in [0.29, 0.717) is 0 Å². The molecule has 0 aliphatic rings. The number of nitrogens with one attached hydrogen (secondary N) is 2. The maximum Gasteiger partial charge on any atom is 0.246 e. The molecule has 23 heavy (non-hydrogen) atoms. The molecule has 0 saturated heterocycles. The fourth-order valence-electron chi connectivity index (χ4n) is 2.40. The van der Waals surface area contributed by atoms with Gasteiger partial charge in [-0.25, -0.2) is 4.98 Å². The topological polar surface area (TPSA) is 54.0 Å². The first-order valence-electron chi connectivity index (χ1n) is 7.53. The van der Waals surface area contributed by atoms with Crippen LogP contribution in [0.15, 0.2) is 42.5 Å². The number of rotatable bonds is 4. The molecule has 1 atom stereocenters. The van der Waals surface area contributed by atoms with E-state index >= 15 is 0 Å². The number of hydrogen-bond donors (Lipinski definition) is 2. The SMILES string of the molecule is Cc1nc2ccc(N[C@@H](C)C(=O)Nc3ccccc3C)cc2s1. The normalized spacial score (nSPS) is 12.1. The van der Waals surface area contributed by atoms with Crippen LogP contribution in [0.1, 0.15) is 17.5 Å². The summed E-state index contributed by atoms with van der Waals surface area (Å²) in [5, 5.41) is 7.25. The first-order chi connectivity index (χ1) is 11.0. The number of carbonyl (C=O) groups excluding carboxylic acids is 1. The molecule has 2 N–H and O–H groups in total. The van der Waals surface area contributed by atoms with E-state index in [1.807, 2.05) is 63.2 Å². The highest BCUT2D eigenvalue weighted by Crippen LogP contribution is 2.25. The second-order valence-corrected chi connectivity index (χ2v) is 6.82. The molecule has 118 valence electrons. The third kappa shape index (κ3) is 3.51. The number of aromatic nitrogens is 1. The van der Waals surface area contributed by atoms with Crippen LogP contribution in [-0.4, -0.2) is 16.9 Å². The predicted octanol–water partition coefficient (Wildman–Crippen LogP) is 4.35.